The molecule has 98 valence electrons. The molecule has 0 aliphatic carbocycles. The van der Waals surface area contributed by atoms with Crippen LogP contribution in [0.5, 0.6) is 0 Å². The van der Waals surface area contributed by atoms with Crippen molar-refractivity contribution in [2.24, 2.45) is 0 Å². The Labute approximate surface area is 101 Å². The topological polar surface area (TPSA) is 65.1 Å². The van der Waals surface area contributed by atoms with Crippen LogP contribution in [-0.2, 0) is 23.8 Å². The Balaban J connectivity index is 2.19. The molecule has 0 aromatic heterocycles. The Kier molecular flexibility index (Phi) is 5.93. The maximum absolute atomic E-state index is 10.7. The van der Waals surface area contributed by atoms with Crippen LogP contribution in [0.15, 0.2) is 0 Å². The number of morpholine rings is 1. The summed E-state index contributed by atoms with van der Waals surface area (Å²) in [6.07, 6.45) is -0.0926. The highest BCUT2D eigenvalue weighted by Gasteiger charge is 2.21. The third-order valence-corrected chi connectivity index (χ3v) is 2.41. The number of ether oxygens (including phenoxy) is 3. The lowest BCUT2D eigenvalue weighted by Crippen LogP contribution is -2.45. The van der Waals surface area contributed by atoms with Crippen LogP contribution in [0, 0.1) is 0 Å². The molecule has 1 rings (SSSR count). The van der Waals surface area contributed by atoms with Crippen molar-refractivity contribution in [2.75, 3.05) is 39.5 Å². The lowest BCUT2D eigenvalue weighted by Gasteiger charge is -2.32. The van der Waals surface area contributed by atoms with E-state index in [4.69, 9.17) is 14.2 Å². The van der Waals surface area contributed by atoms with Crippen LogP contribution in [0.2, 0.25) is 0 Å². The molecule has 1 aliphatic heterocycles. The van der Waals surface area contributed by atoms with Crippen LogP contribution < -0.4 is 0 Å². The summed E-state index contributed by atoms with van der Waals surface area (Å²) in [5.41, 5.74) is 0. The van der Waals surface area contributed by atoms with Gasteiger partial charge >= 0.3 is 11.9 Å². The molecule has 6 heteroatoms. The average molecular weight is 245 g/mol. The maximum atomic E-state index is 10.7. The Morgan fingerprint density at radius 2 is 2.00 bits per heavy atom. The van der Waals surface area contributed by atoms with Gasteiger partial charge in [-0.1, -0.05) is 0 Å². The fourth-order valence-corrected chi connectivity index (χ4v) is 1.61. The third kappa shape index (κ3) is 6.23. The number of esters is 2. The van der Waals surface area contributed by atoms with Gasteiger partial charge in [0.15, 0.2) is 0 Å². The number of hydrogen-bond acceptors (Lipinski definition) is 6. The molecule has 17 heavy (non-hydrogen) atoms. The predicted octanol–water partition coefficient (Wildman–Crippen LogP) is -0.187. The Bertz CT molecular complexity index is 269. The largest absolute Gasteiger partial charge is 0.465 e. The van der Waals surface area contributed by atoms with E-state index in [0.717, 1.165) is 6.54 Å². The summed E-state index contributed by atoms with van der Waals surface area (Å²) in [5, 5.41) is 0. The van der Waals surface area contributed by atoms with E-state index in [0.29, 0.717) is 26.3 Å². The average Bonchev–Trinajstić information content (AvgIpc) is 2.26. The molecule has 1 heterocycles. The summed E-state index contributed by atoms with van der Waals surface area (Å²) in [6, 6.07) is 0. The number of rotatable bonds is 5. The van der Waals surface area contributed by atoms with Crippen molar-refractivity contribution < 1.29 is 23.8 Å². The van der Waals surface area contributed by atoms with Gasteiger partial charge in [0.25, 0.3) is 0 Å². The summed E-state index contributed by atoms with van der Waals surface area (Å²) in [4.78, 5) is 23.4. The first-order valence-electron chi connectivity index (χ1n) is 5.68. The van der Waals surface area contributed by atoms with Gasteiger partial charge in [0.2, 0.25) is 0 Å². The highest BCUT2D eigenvalue weighted by Crippen LogP contribution is 2.05. The minimum Gasteiger partial charge on any atom is -0.465 e. The molecule has 1 aliphatic rings. The maximum Gasteiger partial charge on any atom is 0.302 e. The standard InChI is InChI=1S/C11H19NO5/c1-9(13)15-5-3-12-4-6-16-11(7-12)8-17-10(2)14/h11H,3-8H2,1-2H3. The molecule has 0 aromatic rings. The molecule has 0 saturated carbocycles. The summed E-state index contributed by atoms with van der Waals surface area (Å²) in [5.74, 6) is -0.569. The molecule has 0 radical (unpaired) electrons. The van der Waals surface area contributed by atoms with Crippen molar-refractivity contribution in [3.05, 3.63) is 0 Å². The van der Waals surface area contributed by atoms with Gasteiger partial charge in [0.05, 0.1) is 6.61 Å². The van der Waals surface area contributed by atoms with Crippen LogP contribution in [-0.4, -0.2) is 62.4 Å². The number of carbonyl (C=O) groups is 2. The molecule has 0 bridgehead atoms. The van der Waals surface area contributed by atoms with Crippen molar-refractivity contribution in [1.29, 1.82) is 0 Å². The first-order valence-corrected chi connectivity index (χ1v) is 5.68. The van der Waals surface area contributed by atoms with E-state index in [2.05, 4.69) is 4.90 Å². The van der Waals surface area contributed by atoms with Gasteiger partial charge in [-0.25, -0.2) is 0 Å². The molecule has 0 aromatic carbocycles. The zero-order chi connectivity index (χ0) is 12.7. The highest BCUT2D eigenvalue weighted by atomic mass is 16.6. The van der Waals surface area contributed by atoms with Gasteiger partial charge < -0.3 is 14.2 Å². The van der Waals surface area contributed by atoms with Crippen molar-refractivity contribution in [3.63, 3.8) is 0 Å². The van der Waals surface area contributed by atoms with E-state index in [9.17, 15) is 9.59 Å². The fraction of sp³-hybridized carbons (Fsp3) is 0.818. The SMILES string of the molecule is CC(=O)OCCN1CCOC(COC(C)=O)C1. The highest BCUT2D eigenvalue weighted by molar-refractivity contribution is 5.66. The molecule has 1 fully saturated rings. The van der Waals surface area contributed by atoms with E-state index >= 15 is 0 Å². The van der Waals surface area contributed by atoms with Crippen molar-refractivity contribution >= 4 is 11.9 Å². The molecular weight excluding hydrogens is 226 g/mol. The fourth-order valence-electron chi connectivity index (χ4n) is 1.61. The summed E-state index contributed by atoms with van der Waals surface area (Å²) >= 11 is 0. The quantitative estimate of drug-likeness (QED) is 0.626. The third-order valence-electron chi connectivity index (χ3n) is 2.41. The van der Waals surface area contributed by atoms with Gasteiger partial charge in [-0.3, -0.25) is 14.5 Å². The monoisotopic (exact) mass is 245 g/mol. The minimum absolute atomic E-state index is 0.0926. The van der Waals surface area contributed by atoms with E-state index < -0.39 is 0 Å². The normalized spacial score (nSPS) is 20.9. The smallest absolute Gasteiger partial charge is 0.302 e. The van der Waals surface area contributed by atoms with Crippen molar-refractivity contribution in [1.82, 2.24) is 4.90 Å². The molecule has 1 atom stereocenters. The van der Waals surface area contributed by atoms with Gasteiger partial charge in [-0.15, -0.1) is 0 Å². The minimum atomic E-state index is -0.300. The molecule has 0 N–H and O–H groups in total. The first-order chi connectivity index (χ1) is 8.08. The van der Waals surface area contributed by atoms with Crippen LogP contribution in [0.1, 0.15) is 13.8 Å². The predicted molar refractivity (Wildman–Crippen MR) is 59.4 cm³/mol. The van der Waals surface area contributed by atoms with E-state index in [-0.39, 0.29) is 24.6 Å². The zero-order valence-electron chi connectivity index (χ0n) is 10.3. The summed E-state index contributed by atoms with van der Waals surface area (Å²) in [7, 11) is 0. The van der Waals surface area contributed by atoms with E-state index in [1.807, 2.05) is 0 Å². The molecule has 1 unspecified atom stereocenters. The molecule has 6 nitrogen and oxygen atoms in total. The van der Waals surface area contributed by atoms with E-state index in [1.165, 1.54) is 13.8 Å². The van der Waals surface area contributed by atoms with Crippen LogP contribution in [0.3, 0.4) is 0 Å². The number of carbonyl (C=O) groups excluding carboxylic acids is 2. The lowest BCUT2D eigenvalue weighted by atomic mass is 10.3. The molecular formula is C11H19NO5. The molecule has 1 saturated heterocycles. The van der Waals surface area contributed by atoms with Crippen molar-refractivity contribution in [3.8, 4) is 0 Å². The number of nitrogens with zero attached hydrogens (tertiary/aromatic N) is 1. The van der Waals surface area contributed by atoms with Gasteiger partial charge in [-0.2, -0.15) is 0 Å². The van der Waals surface area contributed by atoms with Crippen LogP contribution >= 0.6 is 0 Å². The second-order valence-corrected chi connectivity index (χ2v) is 3.94. The Morgan fingerprint density at radius 3 is 2.65 bits per heavy atom. The second-order valence-electron chi connectivity index (χ2n) is 3.94. The first kappa shape index (κ1) is 13.9. The van der Waals surface area contributed by atoms with E-state index in [1.54, 1.807) is 0 Å². The van der Waals surface area contributed by atoms with Gasteiger partial charge in [0.1, 0.15) is 19.3 Å². The van der Waals surface area contributed by atoms with Gasteiger partial charge in [-0.05, 0) is 0 Å². The van der Waals surface area contributed by atoms with Gasteiger partial charge in [0, 0.05) is 33.5 Å². The lowest BCUT2D eigenvalue weighted by molar-refractivity contribution is -0.149. The Hall–Kier alpha value is -1.14. The van der Waals surface area contributed by atoms with Crippen molar-refractivity contribution in [2.45, 2.75) is 20.0 Å². The van der Waals surface area contributed by atoms with Crippen LogP contribution in [0.4, 0.5) is 0 Å². The summed E-state index contributed by atoms with van der Waals surface area (Å²) < 4.78 is 15.2. The second kappa shape index (κ2) is 7.24. The summed E-state index contributed by atoms with van der Waals surface area (Å²) in [6.45, 7) is 6.21. The number of hydrogen-bond donors (Lipinski definition) is 0. The zero-order valence-corrected chi connectivity index (χ0v) is 10.3. The Morgan fingerprint density at radius 1 is 1.29 bits per heavy atom. The molecule has 0 spiro atoms. The van der Waals surface area contributed by atoms with Crippen LogP contribution in [0.25, 0.3) is 0 Å². The molecule has 0 amide bonds.